The van der Waals surface area contributed by atoms with Crippen LogP contribution in [0.2, 0.25) is 0 Å². The van der Waals surface area contributed by atoms with Crippen LogP contribution < -0.4 is 11.0 Å². The van der Waals surface area contributed by atoms with Crippen molar-refractivity contribution >= 4 is 18.6 Å². The highest BCUT2D eigenvalue weighted by atomic mass is 31.2. The molecule has 1 aromatic rings. The zero-order valence-corrected chi connectivity index (χ0v) is 12.2. The summed E-state index contributed by atoms with van der Waals surface area (Å²) in [7, 11) is -3.65. The molecule has 0 heterocycles. The molecule has 0 unspecified atom stereocenters. The normalized spacial score (nSPS) is 10.7. The van der Waals surface area contributed by atoms with E-state index < -0.39 is 13.4 Å². The third-order valence-corrected chi connectivity index (χ3v) is 4.11. The van der Waals surface area contributed by atoms with Crippen molar-refractivity contribution in [2.45, 2.75) is 27.7 Å². The molecule has 18 heavy (non-hydrogen) atoms. The maximum Gasteiger partial charge on any atom is 0.366 e. The van der Waals surface area contributed by atoms with E-state index in [0.717, 1.165) is 0 Å². The standard InChI is InChI=1S/C10H15FNO3P.C2H6/c1-3-14-16(13,15-4-2)10-8(11)6-5-7-9(10)12;1-2/h5-7H,3-4,12H2,1-2H3;1-2H3. The summed E-state index contributed by atoms with van der Waals surface area (Å²) in [6, 6.07) is 4.08. The lowest BCUT2D eigenvalue weighted by atomic mass is 10.3. The number of nitrogens with two attached hydrogens (primary N) is 1. The van der Waals surface area contributed by atoms with E-state index in [9.17, 15) is 8.96 Å². The summed E-state index contributed by atoms with van der Waals surface area (Å²) in [5.74, 6) is -0.676. The molecule has 104 valence electrons. The van der Waals surface area contributed by atoms with E-state index in [2.05, 4.69) is 0 Å². The maximum atomic E-state index is 13.6. The molecule has 0 fully saturated rings. The molecule has 0 saturated carbocycles. The quantitative estimate of drug-likeness (QED) is 0.662. The van der Waals surface area contributed by atoms with E-state index >= 15 is 0 Å². The van der Waals surface area contributed by atoms with Gasteiger partial charge in [0.15, 0.2) is 0 Å². The molecule has 0 aliphatic carbocycles. The molecule has 1 rings (SSSR count). The van der Waals surface area contributed by atoms with Crippen molar-refractivity contribution in [1.29, 1.82) is 0 Å². The van der Waals surface area contributed by atoms with Crippen LogP contribution in [0.1, 0.15) is 27.7 Å². The van der Waals surface area contributed by atoms with Crippen LogP contribution in [0.5, 0.6) is 0 Å². The first-order valence-electron chi connectivity index (χ1n) is 5.98. The third-order valence-electron chi connectivity index (χ3n) is 1.89. The van der Waals surface area contributed by atoms with Gasteiger partial charge in [-0.3, -0.25) is 4.57 Å². The number of hydrogen-bond donors (Lipinski definition) is 1. The molecular formula is C12H21FNO3P. The lowest BCUT2D eigenvalue weighted by Crippen LogP contribution is -2.18. The predicted octanol–water partition coefficient (Wildman–Crippen LogP) is 3.33. The van der Waals surface area contributed by atoms with Gasteiger partial charge in [-0.25, -0.2) is 4.39 Å². The fourth-order valence-corrected chi connectivity index (χ4v) is 3.07. The average Bonchev–Trinajstić information content (AvgIpc) is 2.31. The maximum absolute atomic E-state index is 13.6. The van der Waals surface area contributed by atoms with E-state index in [-0.39, 0.29) is 24.2 Å². The molecule has 0 aliphatic rings. The summed E-state index contributed by atoms with van der Waals surface area (Å²) in [6.07, 6.45) is 0. The number of halogens is 1. The summed E-state index contributed by atoms with van der Waals surface area (Å²) >= 11 is 0. The highest BCUT2D eigenvalue weighted by Crippen LogP contribution is 2.48. The number of hydrogen-bond acceptors (Lipinski definition) is 4. The highest BCUT2D eigenvalue weighted by Gasteiger charge is 2.32. The third kappa shape index (κ3) is 4.09. The van der Waals surface area contributed by atoms with E-state index in [1.807, 2.05) is 13.8 Å². The van der Waals surface area contributed by atoms with Gasteiger partial charge in [0.25, 0.3) is 0 Å². The Morgan fingerprint density at radius 1 is 1.22 bits per heavy atom. The molecule has 6 heteroatoms. The fraction of sp³-hybridized carbons (Fsp3) is 0.500. The van der Waals surface area contributed by atoms with Crippen molar-refractivity contribution in [1.82, 2.24) is 0 Å². The molecule has 0 amide bonds. The molecule has 4 nitrogen and oxygen atoms in total. The SMILES string of the molecule is CC.CCOP(=O)(OCC)c1c(N)cccc1F. The minimum absolute atomic E-state index is 0.0743. The van der Waals surface area contributed by atoms with Gasteiger partial charge in [0.2, 0.25) is 0 Å². The molecule has 1 aromatic carbocycles. The Morgan fingerprint density at radius 2 is 1.72 bits per heavy atom. The van der Waals surface area contributed by atoms with Gasteiger partial charge in [-0.2, -0.15) is 0 Å². The van der Waals surface area contributed by atoms with Gasteiger partial charge in [-0.05, 0) is 26.0 Å². The molecule has 0 bridgehead atoms. The van der Waals surface area contributed by atoms with Crippen LogP contribution in [0, 0.1) is 5.82 Å². The molecule has 0 radical (unpaired) electrons. The van der Waals surface area contributed by atoms with Crippen LogP contribution >= 0.6 is 7.60 Å². The van der Waals surface area contributed by atoms with E-state index in [1.165, 1.54) is 18.2 Å². The van der Waals surface area contributed by atoms with Crippen molar-refractivity contribution in [3.8, 4) is 0 Å². The topological polar surface area (TPSA) is 61.5 Å². The van der Waals surface area contributed by atoms with Gasteiger partial charge in [0, 0.05) is 0 Å². The largest absolute Gasteiger partial charge is 0.398 e. The summed E-state index contributed by atoms with van der Waals surface area (Å²) in [5, 5.41) is -0.182. The monoisotopic (exact) mass is 277 g/mol. The van der Waals surface area contributed by atoms with Crippen LogP contribution in [0.3, 0.4) is 0 Å². The second-order valence-electron chi connectivity index (χ2n) is 3.01. The van der Waals surface area contributed by atoms with E-state index in [0.29, 0.717) is 0 Å². The van der Waals surface area contributed by atoms with Crippen molar-refractivity contribution < 1.29 is 18.0 Å². The fourth-order valence-electron chi connectivity index (χ4n) is 1.33. The zero-order valence-electron chi connectivity index (χ0n) is 11.3. The first-order valence-corrected chi connectivity index (χ1v) is 7.53. The molecule has 0 saturated heterocycles. The molecule has 0 aromatic heterocycles. The summed E-state index contributed by atoms with van der Waals surface area (Å²) in [5.41, 5.74) is 5.67. The summed E-state index contributed by atoms with van der Waals surface area (Å²) in [4.78, 5) is 0. The molecule has 0 atom stereocenters. The number of rotatable bonds is 5. The molecule has 2 N–H and O–H groups in total. The Kier molecular flexibility index (Phi) is 7.83. The molecular weight excluding hydrogens is 256 g/mol. The predicted molar refractivity (Wildman–Crippen MR) is 72.7 cm³/mol. The Morgan fingerprint density at radius 3 is 2.11 bits per heavy atom. The smallest absolute Gasteiger partial charge is 0.366 e. The second-order valence-corrected chi connectivity index (χ2v) is 4.97. The number of nitrogen functional groups attached to an aromatic ring is 1. The van der Waals surface area contributed by atoms with Gasteiger partial charge in [-0.1, -0.05) is 19.9 Å². The first kappa shape index (κ1) is 17.1. The Hall–Kier alpha value is -0.900. The van der Waals surface area contributed by atoms with E-state index in [1.54, 1.807) is 13.8 Å². The lowest BCUT2D eigenvalue weighted by molar-refractivity contribution is 0.229. The van der Waals surface area contributed by atoms with Crippen molar-refractivity contribution in [2.24, 2.45) is 0 Å². The number of anilines is 1. The average molecular weight is 277 g/mol. The Bertz CT molecular complexity index is 382. The van der Waals surface area contributed by atoms with Crippen LogP contribution in [0.15, 0.2) is 18.2 Å². The minimum Gasteiger partial charge on any atom is -0.398 e. The molecule has 0 aliphatic heterocycles. The van der Waals surface area contributed by atoms with Crippen LogP contribution in [-0.2, 0) is 13.6 Å². The Balaban J connectivity index is 0.00000137. The van der Waals surface area contributed by atoms with E-state index in [4.69, 9.17) is 14.8 Å². The van der Waals surface area contributed by atoms with Gasteiger partial charge in [0.05, 0.1) is 18.9 Å². The zero-order chi connectivity index (χ0) is 14.2. The van der Waals surface area contributed by atoms with Crippen molar-refractivity contribution in [3.63, 3.8) is 0 Å². The summed E-state index contributed by atoms with van der Waals surface area (Å²) < 4.78 is 35.9. The first-order chi connectivity index (χ1) is 8.55. The van der Waals surface area contributed by atoms with Crippen LogP contribution in [0.25, 0.3) is 0 Å². The van der Waals surface area contributed by atoms with Crippen LogP contribution in [0.4, 0.5) is 10.1 Å². The van der Waals surface area contributed by atoms with Crippen molar-refractivity contribution in [3.05, 3.63) is 24.0 Å². The molecule has 0 spiro atoms. The van der Waals surface area contributed by atoms with Gasteiger partial charge < -0.3 is 14.8 Å². The highest BCUT2D eigenvalue weighted by molar-refractivity contribution is 7.62. The van der Waals surface area contributed by atoms with Gasteiger partial charge in [0.1, 0.15) is 11.1 Å². The second kappa shape index (κ2) is 8.25. The number of benzene rings is 1. The van der Waals surface area contributed by atoms with Gasteiger partial charge >= 0.3 is 7.60 Å². The van der Waals surface area contributed by atoms with Crippen molar-refractivity contribution in [2.75, 3.05) is 18.9 Å². The lowest BCUT2D eigenvalue weighted by Gasteiger charge is -2.18. The Labute approximate surface area is 108 Å². The van der Waals surface area contributed by atoms with Gasteiger partial charge in [-0.15, -0.1) is 0 Å². The van der Waals surface area contributed by atoms with Crippen LogP contribution in [-0.4, -0.2) is 13.2 Å². The summed E-state index contributed by atoms with van der Waals surface area (Å²) in [6.45, 7) is 7.63. The minimum atomic E-state index is -3.65.